The molecule has 2 N–H and O–H groups in total. The maximum absolute atomic E-state index is 12.1. The lowest BCUT2D eigenvalue weighted by atomic mass is 10.0. The molecule has 2 amide bonds. The van der Waals surface area contributed by atoms with Crippen molar-refractivity contribution in [2.24, 2.45) is 5.92 Å². The summed E-state index contributed by atoms with van der Waals surface area (Å²) in [6.07, 6.45) is 5.52. The molecule has 0 aromatic carbocycles. The highest BCUT2D eigenvalue weighted by Crippen LogP contribution is 2.16. The van der Waals surface area contributed by atoms with Crippen molar-refractivity contribution in [2.45, 2.75) is 38.6 Å². The number of nitrogens with one attached hydrogen (secondary N) is 1. The van der Waals surface area contributed by atoms with Crippen LogP contribution in [0.15, 0.2) is 0 Å². The van der Waals surface area contributed by atoms with Crippen LogP contribution in [0.2, 0.25) is 0 Å². The maximum Gasteiger partial charge on any atom is 0.326 e. The fourth-order valence-corrected chi connectivity index (χ4v) is 2.67. The van der Waals surface area contributed by atoms with Crippen molar-refractivity contribution < 1.29 is 14.7 Å². The molecule has 1 aliphatic heterocycles. The van der Waals surface area contributed by atoms with E-state index in [1.54, 1.807) is 16.7 Å². The van der Waals surface area contributed by atoms with E-state index in [4.69, 9.17) is 5.11 Å². The minimum absolute atomic E-state index is 0.234. The van der Waals surface area contributed by atoms with Crippen LogP contribution in [0, 0.1) is 5.92 Å². The van der Waals surface area contributed by atoms with Gasteiger partial charge in [-0.15, -0.1) is 0 Å². The van der Waals surface area contributed by atoms with Gasteiger partial charge in [-0.05, 0) is 43.6 Å². The van der Waals surface area contributed by atoms with E-state index < -0.39 is 12.0 Å². The van der Waals surface area contributed by atoms with Crippen molar-refractivity contribution >= 4 is 23.8 Å². The van der Waals surface area contributed by atoms with Crippen LogP contribution >= 0.6 is 11.8 Å². The molecule has 19 heavy (non-hydrogen) atoms. The Morgan fingerprint density at radius 1 is 1.42 bits per heavy atom. The highest BCUT2D eigenvalue weighted by atomic mass is 32.2. The standard InChI is InChI=1S/C13H24N2O3S/c1-10-4-3-7-15(8-5-10)13(18)14-11(12(16)17)6-9-19-2/h10-11H,3-9H2,1-2H3,(H,14,18)(H,16,17)/t10?,11-/m0/s1. The summed E-state index contributed by atoms with van der Waals surface area (Å²) in [6, 6.07) is -1.01. The zero-order valence-corrected chi connectivity index (χ0v) is 12.5. The molecule has 1 rings (SSSR count). The summed E-state index contributed by atoms with van der Waals surface area (Å²) < 4.78 is 0. The molecule has 0 radical (unpaired) electrons. The first-order valence-electron chi connectivity index (χ1n) is 6.81. The Labute approximate surface area is 119 Å². The Morgan fingerprint density at radius 2 is 2.16 bits per heavy atom. The summed E-state index contributed by atoms with van der Waals surface area (Å²) in [6.45, 7) is 3.65. The Kier molecular flexibility index (Phi) is 7.05. The van der Waals surface area contributed by atoms with Gasteiger partial charge < -0.3 is 15.3 Å². The van der Waals surface area contributed by atoms with Crippen LogP contribution in [0.3, 0.4) is 0 Å². The second kappa shape index (κ2) is 8.30. The highest BCUT2D eigenvalue weighted by Gasteiger charge is 2.24. The number of carbonyl (C=O) groups excluding carboxylic acids is 1. The monoisotopic (exact) mass is 288 g/mol. The molecule has 0 aromatic heterocycles. The van der Waals surface area contributed by atoms with Gasteiger partial charge >= 0.3 is 12.0 Å². The smallest absolute Gasteiger partial charge is 0.326 e. The minimum Gasteiger partial charge on any atom is -0.480 e. The summed E-state index contributed by atoms with van der Waals surface area (Å²) in [5, 5.41) is 11.7. The zero-order valence-electron chi connectivity index (χ0n) is 11.7. The Balaban J connectivity index is 2.48. The first kappa shape index (κ1) is 16.1. The predicted molar refractivity (Wildman–Crippen MR) is 77.5 cm³/mol. The molecule has 110 valence electrons. The topological polar surface area (TPSA) is 69.6 Å². The molecule has 0 bridgehead atoms. The zero-order chi connectivity index (χ0) is 14.3. The molecule has 0 aromatic rings. The molecule has 2 atom stereocenters. The van der Waals surface area contributed by atoms with Gasteiger partial charge in [-0.3, -0.25) is 0 Å². The first-order valence-corrected chi connectivity index (χ1v) is 8.21. The Bertz CT molecular complexity index is 312. The van der Waals surface area contributed by atoms with Crippen LogP contribution in [0.1, 0.15) is 32.6 Å². The van der Waals surface area contributed by atoms with Crippen molar-refractivity contribution in [3.63, 3.8) is 0 Å². The van der Waals surface area contributed by atoms with Crippen molar-refractivity contribution in [3.8, 4) is 0 Å². The Morgan fingerprint density at radius 3 is 2.79 bits per heavy atom. The van der Waals surface area contributed by atoms with Gasteiger partial charge in [0.1, 0.15) is 6.04 Å². The Hall–Kier alpha value is -0.910. The highest BCUT2D eigenvalue weighted by molar-refractivity contribution is 7.98. The molecule has 1 unspecified atom stereocenters. The lowest BCUT2D eigenvalue weighted by Gasteiger charge is -2.23. The van der Waals surface area contributed by atoms with Gasteiger partial charge in [0.2, 0.25) is 0 Å². The van der Waals surface area contributed by atoms with Crippen molar-refractivity contribution in [1.29, 1.82) is 0 Å². The first-order chi connectivity index (χ1) is 9.04. The fourth-order valence-electron chi connectivity index (χ4n) is 2.20. The molecule has 0 saturated carbocycles. The van der Waals surface area contributed by atoms with E-state index in [1.807, 2.05) is 6.26 Å². The minimum atomic E-state index is -0.953. The van der Waals surface area contributed by atoms with Crippen molar-refractivity contribution in [2.75, 3.05) is 25.1 Å². The van der Waals surface area contributed by atoms with Crippen LogP contribution in [0.25, 0.3) is 0 Å². The number of hydrogen-bond donors (Lipinski definition) is 2. The summed E-state index contributed by atoms with van der Waals surface area (Å²) >= 11 is 1.59. The van der Waals surface area contributed by atoms with E-state index >= 15 is 0 Å². The normalized spacial score (nSPS) is 21.6. The molecule has 6 heteroatoms. The second-order valence-corrected chi connectivity index (χ2v) is 6.13. The van der Waals surface area contributed by atoms with Gasteiger partial charge in [-0.1, -0.05) is 6.92 Å². The summed E-state index contributed by atoms with van der Waals surface area (Å²) in [5.74, 6) is 0.420. The SMILES string of the molecule is CSCC[C@H](NC(=O)N1CCCC(C)CC1)C(=O)O. The number of likely N-dealkylation sites (tertiary alicyclic amines) is 1. The largest absolute Gasteiger partial charge is 0.480 e. The third kappa shape index (κ3) is 5.72. The molecule has 5 nitrogen and oxygen atoms in total. The van der Waals surface area contributed by atoms with Gasteiger partial charge in [-0.25, -0.2) is 9.59 Å². The number of amides is 2. The number of hydrogen-bond acceptors (Lipinski definition) is 3. The molecule has 1 saturated heterocycles. The summed E-state index contributed by atoms with van der Waals surface area (Å²) in [5.41, 5.74) is 0. The quantitative estimate of drug-likeness (QED) is 0.812. The molecule has 1 heterocycles. The number of aliphatic carboxylic acids is 1. The van der Waals surface area contributed by atoms with E-state index in [0.717, 1.165) is 38.1 Å². The van der Waals surface area contributed by atoms with Gasteiger partial charge in [0.15, 0.2) is 0 Å². The average Bonchev–Trinajstić information content (AvgIpc) is 2.58. The van der Waals surface area contributed by atoms with Crippen LogP contribution in [0.4, 0.5) is 4.79 Å². The molecule has 0 aliphatic carbocycles. The number of rotatable bonds is 5. The molecular formula is C13H24N2O3S. The van der Waals surface area contributed by atoms with E-state index in [0.29, 0.717) is 12.3 Å². The third-order valence-corrected chi connectivity index (χ3v) is 4.15. The number of nitrogens with zero attached hydrogens (tertiary/aromatic N) is 1. The molecule has 0 spiro atoms. The van der Waals surface area contributed by atoms with Gasteiger partial charge in [0.25, 0.3) is 0 Å². The summed E-state index contributed by atoms with van der Waals surface area (Å²) in [4.78, 5) is 24.9. The summed E-state index contributed by atoms with van der Waals surface area (Å²) in [7, 11) is 0. The van der Waals surface area contributed by atoms with Gasteiger partial charge in [-0.2, -0.15) is 11.8 Å². The lowest BCUT2D eigenvalue weighted by molar-refractivity contribution is -0.139. The fraction of sp³-hybridized carbons (Fsp3) is 0.846. The number of carboxylic acids is 1. The number of carbonyl (C=O) groups is 2. The van der Waals surface area contributed by atoms with Crippen LogP contribution in [-0.4, -0.2) is 53.1 Å². The van der Waals surface area contributed by atoms with E-state index in [2.05, 4.69) is 12.2 Å². The van der Waals surface area contributed by atoms with E-state index in [1.165, 1.54) is 0 Å². The second-order valence-electron chi connectivity index (χ2n) is 5.14. The predicted octanol–water partition coefficient (Wildman–Crippen LogP) is 2.02. The average molecular weight is 288 g/mol. The number of urea groups is 1. The van der Waals surface area contributed by atoms with Crippen LogP contribution < -0.4 is 5.32 Å². The maximum atomic E-state index is 12.1. The van der Waals surface area contributed by atoms with Crippen LogP contribution in [-0.2, 0) is 4.79 Å². The lowest BCUT2D eigenvalue weighted by Crippen LogP contribution is -2.48. The van der Waals surface area contributed by atoms with Crippen molar-refractivity contribution in [3.05, 3.63) is 0 Å². The molecular weight excluding hydrogens is 264 g/mol. The van der Waals surface area contributed by atoms with E-state index in [-0.39, 0.29) is 6.03 Å². The number of carboxylic acid groups (broad SMARTS) is 1. The van der Waals surface area contributed by atoms with Crippen molar-refractivity contribution in [1.82, 2.24) is 10.2 Å². The van der Waals surface area contributed by atoms with E-state index in [9.17, 15) is 9.59 Å². The van der Waals surface area contributed by atoms with Crippen LogP contribution in [0.5, 0.6) is 0 Å². The molecule has 1 fully saturated rings. The van der Waals surface area contributed by atoms with Gasteiger partial charge in [0, 0.05) is 13.1 Å². The third-order valence-electron chi connectivity index (χ3n) is 3.51. The number of thioether (sulfide) groups is 1. The van der Waals surface area contributed by atoms with Gasteiger partial charge in [0.05, 0.1) is 0 Å². The molecule has 1 aliphatic rings.